The number of rotatable bonds is 4. The van der Waals surface area contributed by atoms with E-state index in [1.165, 1.54) is 6.21 Å². The number of ether oxygens (including phenoxy) is 1. The molecule has 2 unspecified atom stereocenters. The van der Waals surface area contributed by atoms with Gasteiger partial charge in [0.05, 0.1) is 17.9 Å². The van der Waals surface area contributed by atoms with E-state index in [9.17, 15) is 5.26 Å². The van der Waals surface area contributed by atoms with Crippen LogP contribution in [0.3, 0.4) is 0 Å². The summed E-state index contributed by atoms with van der Waals surface area (Å²) >= 11 is 0. The molecular weight excluding hydrogens is 286 g/mol. The van der Waals surface area contributed by atoms with Crippen molar-refractivity contribution >= 4 is 11.8 Å². The normalized spacial score (nSPS) is 25.2. The van der Waals surface area contributed by atoms with E-state index in [0.717, 1.165) is 36.0 Å². The molecular formula is C19H19N3O. The van der Waals surface area contributed by atoms with E-state index in [4.69, 9.17) is 10.1 Å². The highest BCUT2D eigenvalue weighted by molar-refractivity contribution is 5.80. The summed E-state index contributed by atoms with van der Waals surface area (Å²) in [5, 5.41) is 17.1. The van der Waals surface area contributed by atoms with Gasteiger partial charge in [-0.2, -0.15) is 5.26 Å². The van der Waals surface area contributed by atoms with E-state index in [1.807, 2.05) is 12.1 Å². The first-order chi connectivity index (χ1) is 11.3. The number of nitrogens with zero attached hydrogens (tertiary/aromatic N) is 2. The van der Waals surface area contributed by atoms with Crippen molar-refractivity contribution in [1.29, 1.82) is 10.7 Å². The molecule has 0 radical (unpaired) electrons. The average molecular weight is 305 g/mol. The number of nitrogens with one attached hydrogen (secondary N) is 1. The molecule has 4 nitrogen and oxygen atoms in total. The fourth-order valence-corrected chi connectivity index (χ4v) is 3.34. The van der Waals surface area contributed by atoms with Crippen molar-refractivity contribution in [1.82, 2.24) is 4.98 Å². The maximum absolute atomic E-state index is 9.57. The Kier molecular flexibility index (Phi) is 4.38. The number of hydrogen-bond donors (Lipinski definition) is 1. The van der Waals surface area contributed by atoms with Crippen LogP contribution in [0, 0.1) is 22.7 Å². The molecule has 1 N–H and O–H groups in total. The Hall–Kier alpha value is -2.67. The first kappa shape index (κ1) is 15.2. The van der Waals surface area contributed by atoms with Gasteiger partial charge in [0.2, 0.25) is 0 Å². The molecule has 1 aromatic heterocycles. The number of allylic oxidation sites excluding steroid dienone is 4. The molecule has 1 aliphatic heterocycles. The van der Waals surface area contributed by atoms with Crippen LogP contribution in [0.15, 0.2) is 53.6 Å². The van der Waals surface area contributed by atoms with Gasteiger partial charge in [0.25, 0.3) is 0 Å². The third-order valence-electron chi connectivity index (χ3n) is 4.40. The smallest absolute Gasteiger partial charge is 0.140 e. The Morgan fingerprint density at radius 1 is 1.52 bits per heavy atom. The van der Waals surface area contributed by atoms with Crippen LogP contribution >= 0.6 is 0 Å². The molecule has 1 aliphatic carbocycles. The van der Waals surface area contributed by atoms with E-state index < -0.39 is 0 Å². The molecule has 0 aromatic carbocycles. The summed E-state index contributed by atoms with van der Waals surface area (Å²) in [5.41, 5.74) is 3.80. The summed E-state index contributed by atoms with van der Waals surface area (Å²) < 4.78 is 5.93. The quantitative estimate of drug-likeness (QED) is 0.674. The molecule has 2 heterocycles. The highest BCUT2D eigenvalue weighted by Crippen LogP contribution is 2.46. The molecule has 0 saturated heterocycles. The van der Waals surface area contributed by atoms with Gasteiger partial charge in [-0.15, -0.1) is 0 Å². The van der Waals surface area contributed by atoms with Crippen molar-refractivity contribution in [2.24, 2.45) is 5.92 Å². The summed E-state index contributed by atoms with van der Waals surface area (Å²) in [4.78, 5) is 4.11. The maximum Gasteiger partial charge on any atom is 0.140 e. The zero-order valence-corrected chi connectivity index (χ0v) is 13.1. The standard InChI is InChI=1S/C19H19N3O/c1-2-3-6-15-16-8-14(9-18(16)23-19(15)11-21)17(10-20)13-5-4-7-22-12-13/h3-7,11-12,16,18,21H,2,8-9H2,1H3/b6-3-,17-14-,21-11?. The number of pyridine rings is 1. The summed E-state index contributed by atoms with van der Waals surface area (Å²) in [6, 6.07) is 6.11. The fourth-order valence-electron chi connectivity index (χ4n) is 3.34. The minimum Gasteiger partial charge on any atom is -0.488 e. The molecule has 1 fully saturated rings. The molecule has 3 rings (SSSR count). The second-order valence-electron chi connectivity index (χ2n) is 5.78. The number of hydrogen-bond acceptors (Lipinski definition) is 4. The Morgan fingerprint density at radius 3 is 3.04 bits per heavy atom. The molecule has 116 valence electrons. The first-order valence-electron chi connectivity index (χ1n) is 7.88. The van der Waals surface area contributed by atoms with Gasteiger partial charge in [0, 0.05) is 35.9 Å². The molecule has 2 atom stereocenters. The van der Waals surface area contributed by atoms with Crippen LogP contribution in [-0.2, 0) is 4.74 Å². The third kappa shape index (κ3) is 2.83. The van der Waals surface area contributed by atoms with Crippen molar-refractivity contribution < 1.29 is 4.74 Å². The highest BCUT2D eigenvalue weighted by atomic mass is 16.5. The van der Waals surface area contributed by atoms with Crippen molar-refractivity contribution in [3.8, 4) is 6.07 Å². The van der Waals surface area contributed by atoms with Gasteiger partial charge in [-0.25, -0.2) is 0 Å². The van der Waals surface area contributed by atoms with Gasteiger partial charge >= 0.3 is 0 Å². The lowest BCUT2D eigenvalue weighted by Crippen LogP contribution is -2.10. The Bertz CT molecular complexity index is 738. The van der Waals surface area contributed by atoms with Crippen LogP contribution in [0.2, 0.25) is 0 Å². The lowest BCUT2D eigenvalue weighted by Gasteiger charge is -2.08. The topological polar surface area (TPSA) is 69.8 Å². The average Bonchev–Trinajstić information content (AvgIpc) is 3.12. The lowest BCUT2D eigenvalue weighted by atomic mass is 9.94. The van der Waals surface area contributed by atoms with Gasteiger partial charge in [0.15, 0.2) is 0 Å². The van der Waals surface area contributed by atoms with E-state index in [2.05, 4.69) is 30.1 Å². The Morgan fingerprint density at radius 2 is 2.39 bits per heavy atom. The largest absolute Gasteiger partial charge is 0.488 e. The van der Waals surface area contributed by atoms with Crippen LogP contribution in [0.25, 0.3) is 5.57 Å². The van der Waals surface area contributed by atoms with Crippen LogP contribution < -0.4 is 0 Å². The van der Waals surface area contributed by atoms with Crippen LogP contribution in [0.1, 0.15) is 31.7 Å². The lowest BCUT2D eigenvalue weighted by molar-refractivity contribution is 0.144. The van der Waals surface area contributed by atoms with Gasteiger partial charge in [0.1, 0.15) is 11.9 Å². The van der Waals surface area contributed by atoms with Crippen molar-refractivity contribution in [2.75, 3.05) is 0 Å². The summed E-state index contributed by atoms with van der Waals surface area (Å²) in [5.74, 6) is 0.910. The predicted molar refractivity (Wildman–Crippen MR) is 89.6 cm³/mol. The minimum atomic E-state index is 0.0399. The number of aromatic nitrogens is 1. The van der Waals surface area contributed by atoms with Crippen molar-refractivity contribution in [3.05, 3.63) is 59.1 Å². The molecule has 4 heteroatoms. The predicted octanol–water partition coefficient (Wildman–Crippen LogP) is 4.04. The Balaban J connectivity index is 1.93. The van der Waals surface area contributed by atoms with Crippen LogP contribution in [-0.4, -0.2) is 17.3 Å². The number of nitriles is 1. The van der Waals surface area contributed by atoms with Crippen molar-refractivity contribution in [3.63, 3.8) is 0 Å². The monoisotopic (exact) mass is 305 g/mol. The Labute approximate surface area is 136 Å². The molecule has 1 aromatic rings. The van der Waals surface area contributed by atoms with Gasteiger partial charge in [-0.3, -0.25) is 4.98 Å². The molecule has 0 amide bonds. The van der Waals surface area contributed by atoms with Gasteiger partial charge < -0.3 is 10.1 Å². The van der Waals surface area contributed by atoms with Crippen LogP contribution in [0.4, 0.5) is 0 Å². The number of fused-ring (bicyclic) bond motifs is 1. The third-order valence-corrected chi connectivity index (χ3v) is 4.40. The minimum absolute atomic E-state index is 0.0399. The maximum atomic E-state index is 9.57. The van der Waals surface area contributed by atoms with Crippen molar-refractivity contribution in [2.45, 2.75) is 32.3 Å². The van der Waals surface area contributed by atoms with E-state index >= 15 is 0 Å². The second kappa shape index (κ2) is 6.62. The molecule has 1 saturated carbocycles. The molecule has 23 heavy (non-hydrogen) atoms. The zero-order chi connectivity index (χ0) is 16.2. The second-order valence-corrected chi connectivity index (χ2v) is 5.78. The van der Waals surface area contributed by atoms with Gasteiger partial charge in [-0.05, 0) is 24.5 Å². The summed E-state index contributed by atoms with van der Waals surface area (Å²) in [6.45, 7) is 2.09. The van der Waals surface area contributed by atoms with E-state index in [1.54, 1.807) is 12.4 Å². The first-order valence-corrected chi connectivity index (χ1v) is 7.88. The highest BCUT2D eigenvalue weighted by Gasteiger charge is 2.41. The SMILES string of the molecule is CC/C=C\C1=C(C=N)OC2C/C(=C(/C#N)c3cccnc3)CC12. The van der Waals surface area contributed by atoms with E-state index in [-0.39, 0.29) is 12.0 Å². The van der Waals surface area contributed by atoms with E-state index in [0.29, 0.717) is 11.3 Å². The fraction of sp³-hybridized carbons (Fsp3) is 0.316. The van der Waals surface area contributed by atoms with Crippen LogP contribution in [0.5, 0.6) is 0 Å². The summed E-state index contributed by atoms with van der Waals surface area (Å²) in [6.07, 6.45) is 11.4. The molecule has 2 aliphatic rings. The van der Waals surface area contributed by atoms with Gasteiger partial charge in [-0.1, -0.05) is 25.1 Å². The zero-order valence-electron chi connectivity index (χ0n) is 13.1. The molecule has 0 bridgehead atoms. The molecule has 0 spiro atoms. The summed E-state index contributed by atoms with van der Waals surface area (Å²) in [7, 11) is 0.